The topological polar surface area (TPSA) is 59.8 Å². The normalized spacial score (nSPS) is 11.8. The van der Waals surface area contributed by atoms with Gasteiger partial charge >= 0.3 is 6.18 Å². The number of carbonyl (C=O) groups is 1. The Morgan fingerprint density at radius 2 is 1.88 bits per heavy atom. The van der Waals surface area contributed by atoms with Crippen molar-refractivity contribution >= 4 is 35.0 Å². The van der Waals surface area contributed by atoms with E-state index >= 15 is 0 Å². The van der Waals surface area contributed by atoms with Gasteiger partial charge in [-0.2, -0.15) is 13.2 Å². The predicted octanol–water partition coefficient (Wildman–Crippen LogP) is 6.14. The summed E-state index contributed by atoms with van der Waals surface area (Å²) < 4.78 is 55.7. The molecule has 0 fully saturated rings. The molecule has 0 radical (unpaired) electrons. The summed E-state index contributed by atoms with van der Waals surface area (Å²) in [7, 11) is 0. The van der Waals surface area contributed by atoms with Crippen LogP contribution in [0.25, 0.3) is 11.4 Å². The summed E-state index contributed by atoms with van der Waals surface area (Å²) in [5.74, 6) is -0.916. The molecule has 0 aliphatic heterocycles. The van der Waals surface area contributed by atoms with E-state index < -0.39 is 29.2 Å². The Labute approximate surface area is 191 Å². The van der Waals surface area contributed by atoms with Gasteiger partial charge in [-0.1, -0.05) is 55.4 Å². The van der Waals surface area contributed by atoms with Crippen molar-refractivity contribution in [1.29, 1.82) is 0 Å². The first-order chi connectivity index (χ1) is 15.1. The molecule has 0 saturated heterocycles. The molecule has 170 valence electrons. The summed E-state index contributed by atoms with van der Waals surface area (Å²) in [6, 6.07) is 9.39. The van der Waals surface area contributed by atoms with Crippen molar-refractivity contribution in [2.24, 2.45) is 5.92 Å². The van der Waals surface area contributed by atoms with E-state index in [1.165, 1.54) is 12.1 Å². The zero-order valence-corrected chi connectivity index (χ0v) is 18.7. The minimum absolute atomic E-state index is 0.169. The van der Waals surface area contributed by atoms with E-state index in [0.717, 1.165) is 23.9 Å². The van der Waals surface area contributed by atoms with E-state index in [-0.39, 0.29) is 22.3 Å². The Morgan fingerprint density at radius 3 is 2.53 bits per heavy atom. The highest BCUT2D eigenvalue weighted by Crippen LogP contribution is 2.38. The van der Waals surface area contributed by atoms with Crippen molar-refractivity contribution in [3.05, 3.63) is 58.9 Å². The molecule has 0 spiro atoms. The highest BCUT2D eigenvalue weighted by molar-refractivity contribution is 7.99. The summed E-state index contributed by atoms with van der Waals surface area (Å²) in [6.07, 6.45) is -4.67. The first-order valence-corrected chi connectivity index (χ1v) is 10.9. The third-order valence-corrected chi connectivity index (χ3v) is 5.58. The van der Waals surface area contributed by atoms with Crippen LogP contribution < -0.4 is 5.32 Å². The summed E-state index contributed by atoms with van der Waals surface area (Å²) in [5.41, 5.74) is -1.26. The molecule has 32 heavy (non-hydrogen) atoms. The average Bonchev–Trinajstić information content (AvgIpc) is 3.09. The molecule has 3 rings (SSSR count). The van der Waals surface area contributed by atoms with Crippen LogP contribution >= 0.6 is 23.4 Å². The van der Waals surface area contributed by atoms with E-state index in [0.29, 0.717) is 17.5 Å². The fourth-order valence-electron chi connectivity index (χ4n) is 2.96. The molecule has 1 heterocycles. The van der Waals surface area contributed by atoms with Gasteiger partial charge in [0, 0.05) is 6.54 Å². The zero-order valence-electron chi connectivity index (χ0n) is 17.1. The van der Waals surface area contributed by atoms with Crippen molar-refractivity contribution in [2.75, 3.05) is 11.1 Å². The molecular formula is C21H19ClF4N4OS. The molecule has 0 atom stereocenters. The SMILES string of the molecule is CC(C)Cn1c(SCC(=O)Nc2c(Cl)cccc2C(F)(F)F)nnc1-c1ccccc1F. The maximum absolute atomic E-state index is 14.3. The second-order valence-corrected chi connectivity index (χ2v) is 8.64. The molecule has 0 aliphatic carbocycles. The molecule has 1 N–H and O–H groups in total. The Hall–Kier alpha value is -2.59. The summed E-state index contributed by atoms with van der Waals surface area (Å²) in [5, 5.41) is 10.5. The molecule has 2 aromatic carbocycles. The number of nitrogens with one attached hydrogen (secondary N) is 1. The Balaban J connectivity index is 1.81. The van der Waals surface area contributed by atoms with E-state index in [9.17, 15) is 22.4 Å². The van der Waals surface area contributed by atoms with Crippen LogP contribution in [0.1, 0.15) is 19.4 Å². The van der Waals surface area contributed by atoms with Gasteiger partial charge in [-0.25, -0.2) is 4.39 Å². The van der Waals surface area contributed by atoms with Gasteiger partial charge in [0.1, 0.15) is 5.82 Å². The van der Waals surface area contributed by atoms with E-state index in [1.54, 1.807) is 22.8 Å². The minimum Gasteiger partial charge on any atom is -0.324 e. The number of hydrogen-bond acceptors (Lipinski definition) is 4. The van der Waals surface area contributed by atoms with Crippen LogP contribution in [-0.4, -0.2) is 26.4 Å². The second kappa shape index (κ2) is 9.91. The highest BCUT2D eigenvalue weighted by atomic mass is 35.5. The number of rotatable bonds is 7. The van der Waals surface area contributed by atoms with E-state index in [1.807, 2.05) is 13.8 Å². The van der Waals surface area contributed by atoms with Crippen LogP contribution in [-0.2, 0) is 17.5 Å². The van der Waals surface area contributed by atoms with Crippen LogP contribution in [0.3, 0.4) is 0 Å². The lowest BCUT2D eigenvalue weighted by Gasteiger charge is -2.15. The van der Waals surface area contributed by atoms with Gasteiger partial charge in [0.25, 0.3) is 0 Å². The number of anilines is 1. The maximum Gasteiger partial charge on any atom is 0.418 e. The van der Waals surface area contributed by atoms with Crippen LogP contribution in [0.5, 0.6) is 0 Å². The maximum atomic E-state index is 14.3. The average molecular weight is 487 g/mol. The smallest absolute Gasteiger partial charge is 0.324 e. The van der Waals surface area contributed by atoms with E-state index in [2.05, 4.69) is 15.5 Å². The summed E-state index contributed by atoms with van der Waals surface area (Å²) in [4.78, 5) is 12.4. The van der Waals surface area contributed by atoms with Gasteiger partial charge in [0.15, 0.2) is 11.0 Å². The number of aromatic nitrogens is 3. The predicted molar refractivity (Wildman–Crippen MR) is 116 cm³/mol. The first-order valence-electron chi connectivity index (χ1n) is 9.54. The van der Waals surface area contributed by atoms with Crippen LogP contribution in [0, 0.1) is 11.7 Å². The molecule has 0 bridgehead atoms. The number of alkyl halides is 3. The fourth-order valence-corrected chi connectivity index (χ4v) is 3.93. The Morgan fingerprint density at radius 1 is 1.16 bits per heavy atom. The minimum atomic E-state index is -4.67. The number of benzene rings is 2. The molecule has 5 nitrogen and oxygen atoms in total. The van der Waals surface area contributed by atoms with Gasteiger partial charge < -0.3 is 9.88 Å². The lowest BCUT2D eigenvalue weighted by molar-refractivity contribution is -0.137. The van der Waals surface area contributed by atoms with Crippen LogP contribution in [0.2, 0.25) is 5.02 Å². The van der Waals surface area contributed by atoms with E-state index in [4.69, 9.17) is 11.6 Å². The zero-order chi connectivity index (χ0) is 23.5. The Kier molecular flexibility index (Phi) is 7.45. The number of amides is 1. The second-order valence-electron chi connectivity index (χ2n) is 7.29. The van der Waals surface area contributed by atoms with Crippen LogP contribution in [0.15, 0.2) is 47.6 Å². The molecule has 11 heteroatoms. The fraction of sp³-hybridized carbons (Fsp3) is 0.286. The largest absolute Gasteiger partial charge is 0.418 e. The van der Waals surface area contributed by atoms with Gasteiger partial charge in [0.2, 0.25) is 5.91 Å². The molecule has 3 aromatic rings. The lowest BCUT2D eigenvalue weighted by atomic mass is 10.1. The lowest BCUT2D eigenvalue weighted by Crippen LogP contribution is -2.19. The monoisotopic (exact) mass is 486 g/mol. The summed E-state index contributed by atoms with van der Waals surface area (Å²) >= 11 is 6.87. The third-order valence-electron chi connectivity index (χ3n) is 4.30. The van der Waals surface area contributed by atoms with Gasteiger partial charge in [0.05, 0.1) is 27.6 Å². The number of para-hydroxylation sites is 1. The number of halogens is 5. The van der Waals surface area contributed by atoms with Crippen molar-refractivity contribution in [1.82, 2.24) is 14.8 Å². The molecule has 0 unspecified atom stereocenters. The third kappa shape index (κ3) is 5.60. The quantitative estimate of drug-likeness (QED) is 0.322. The molecule has 0 saturated carbocycles. The van der Waals surface area contributed by atoms with Crippen molar-refractivity contribution in [2.45, 2.75) is 31.7 Å². The molecule has 1 aromatic heterocycles. The highest BCUT2D eigenvalue weighted by Gasteiger charge is 2.34. The number of nitrogens with zero attached hydrogens (tertiary/aromatic N) is 3. The number of hydrogen-bond donors (Lipinski definition) is 1. The molecule has 1 amide bonds. The van der Waals surface area contributed by atoms with Crippen molar-refractivity contribution in [3.63, 3.8) is 0 Å². The number of thioether (sulfide) groups is 1. The number of carbonyl (C=O) groups excluding carboxylic acids is 1. The molecule has 0 aliphatic rings. The Bertz CT molecular complexity index is 1120. The van der Waals surface area contributed by atoms with Crippen molar-refractivity contribution in [3.8, 4) is 11.4 Å². The first kappa shape index (κ1) is 24.1. The standard InChI is InChI=1S/C21H19ClF4N4OS/c1-12(2)10-30-19(13-6-3-4-9-16(13)23)28-29-20(30)32-11-17(31)27-18-14(21(24,25)26)7-5-8-15(18)22/h3-9,12H,10-11H2,1-2H3,(H,27,31). The van der Waals surface area contributed by atoms with Gasteiger partial charge in [-0.3, -0.25) is 4.79 Å². The van der Waals surface area contributed by atoms with Crippen LogP contribution in [0.4, 0.5) is 23.2 Å². The molecular weight excluding hydrogens is 468 g/mol. The van der Waals surface area contributed by atoms with Gasteiger partial charge in [-0.15, -0.1) is 10.2 Å². The van der Waals surface area contributed by atoms with Gasteiger partial charge in [-0.05, 0) is 30.2 Å². The van der Waals surface area contributed by atoms with Crippen molar-refractivity contribution < 1.29 is 22.4 Å². The summed E-state index contributed by atoms with van der Waals surface area (Å²) in [6.45, 7) is 4.38.